The Kier molecular flexibility index (Phi) is 5.62. The molecule has 6 heteroatoms. The molecular weight excluding hydrogens is 282 g/mol. The number of methoxy groups -OCH3 is 1. The van der Waals surface area contributed by atoms with Gasteiger partial charge < -0.3 is 15.4 Å². The van der Waals surface area contributed by atoms with Crippen molar-refractivity contribution in [2.24, 2.45) is 0 Å². The lowest BCUT2D eigenvalue weighted by Gasteiger charge is -2.08. The fourth-order valence-corrected chi connectivity index (χ4v) is 1.79. The number of amides is 2. The van der Waals surface area contributed by atoms with Gasteiger partial charge in [0, 0.05) is 30.9 Å². The highest BCUT2D eigenvalue weighted by molar-refractivity contribution is 6.04. The Labute approximate surface area is 128 Å². The van der Waals surface area contributed by atoms with E-state index < -0.39 is 0 Å². The lowest BCUT2D eigenvalue weighted by molar-refractivity contribution is -0.117. The molecule has 0 spiro atoms. The molecule has 2 aromatic rings. The first kappa shape index (κ1) is 15.7. The molecule has 0 radical (unpaired) electrons. The van der Waals surface area contributed by atoms with Crippen molar-refractivity contribution in [2.45, 2.75) is 6.42 Å². The first-order valence-electron chi connectivity index (χ1n) is 6.79. The quantitative estimate of drug-likeness (QED) is 0.857. The summed E-state index contributed by atoms with van der Waals surface area (Å²) in [6.07, 6.45) is 3.38. The van der Waals surface area contributed by atoms with Crippen molar-refractivity contribution in [3.8, 4) is 0 Å². The average Bonchev–Trinajstić information content (AvgIpc) is 2.54. The van der Waals surface area contributed by atoms with Gasteiger partial charge in [-0.1, -0.05) is 6.07 Å². The number of aromatic nitrogens is 1. The van der Waals surface area contributed by atoms with Gasteiger partial charge in [-0.25, -0.2) is 0 Å². The lowest BCUT2D eigenvalue weighted by Crippen LogP contribution is -2.15. The largest absolute Gasteiger partial charge is 0.384 e. The fourth-order valence-electron chi connectivity index (χ4n) is 1.79. The van der Waals surface area contributed by atoms with Gasteiger partial charge in [0.1, 0.15) is 0 Å². The molecule has 0 bridgehead atoms. The highest BCUT2D eigenvalue weighted by Gasteiger charge is 2.07. The minimum Gasteiger partial charge on any atom is -0.384 e. The van der Waals surface area contributed by atoms with Gasteiger partial charge >= 0.3 is 0 Å². The third-order valence-electron chi connectivity index (χ3n) is 2.86. The van der Waals surface area contributed by atoms with Crippen LogP contribution < -0.4 is 10.6 Å². The van der Waals surface area contributed by atoms with Crippen molar-refractivity contribution < 1.29 is 14.3 Å². The number of benzene rings is 1. The number of hydrogen-bond acceptors (Lipinski definition) is 4. The van der Waals surface area contributed by atoms with Crippen LogP contribution in [0.5, 0.6) is 0 Å². The number of nitrogens with one attached hydrogen (secondary N) is 2. The molecule has 2 amide bonds. The van der Waals surface area contributed by atoms with Gasteiger partial charge in [-0.05, 0) is 30.3 Å². The van der Waals surface area contributed by atoms with Crippen LogP contribution in [0.15, 0.2) is 48.8 Å². The Bertz CT molecular complexity index is 644. The molecule has 0 aliphatic heterocycles. The normalized spacial score (nSPS) is 10.0. The maximum atomic E-state index is 12.0. The molecule has 0 unspecified atom stereocenters. The molecule has 2 rings (SSSR count). The molecule has 6 nitrogen and oxygen atoms in total. The number of carbonyl (C=O) groups excluding carboxylic acids is 2. The molecule has 1 heterocycles. The van der Waals surface area contributed by atoms with Crippen LogP contribution in [0.3, 0.4) is 0 Å². The van der Waals surface area contributed by atoms with Crippen molar-refractivity contribution >= 4 is 23.2 Å². The van der Waals surface area contributed by atoms with Crippen molar-refractivity contribution in [3.05, 3.63) is 54.4 Å². The Morgan fingerprint density at radius 2 is 1.91 bits per heavy atom. The Balaban J connectivity index is 1.99. The predicted octanol–water partition coefficient (Wildman–Crippen LogP) is 2.31. The summed E-state index contributed by atoms with van der Waals surface area (Å²) in [6.45, 7) is 0.364. The van der Waals surface area contributed by atoms with E-state index in [9.17, 15) is 9.59 Å². The van der Waals surface area contributed by atoms with E-state index in [1.54, 1.807) is 49.7 Å². The van der Waals surface area contributed by atoms with Crippen LogP contribution in [0.1, 0.15) is 16.8 Å². The zero-order chi connectivity index (χ0) is 15.8. The molecule has 114 valence electrons. The minimum atomic E-state index is -0.254. The van der Waals surface area contributed by atoms with Gasteiger partial charge in [0.15, 0.2) is 0 Å². The van der Waals surface area contributed by atoms with Crippen LogP contribution in [0.4, 0.5) is 11.4 Å². The van der Waals surface area contributed by atoms with Gasteiger partial charge in [0.2, 0.25) is 5.91 Å². The van der Waals surface area contributed by atoms with Crippen molar-refractivity contribution in [3.63, 3.8) is 0 Å². The Morgan fingerprint density at radius 1 is 1.14 bits per heavy atom. The molecule has 0 fully saturated rings. The zero-order valence-electron chi connectivity index (χ0n) is 12.2. The van der Waals surface area contributed by atoms with E-state index >= 15 is 0 Å². The summed E-state index contributed by atoms with van der Waals surface area (Å²) in [6, 6.07) is 10.3. The van der Waals surface area contributed by atoms with Crippen LogP contribution in [0.25, 0.3) is 0 Å². The fraction of sp³-hybridized carbons (Fsp3) is 0.188. The smallest absolute Gasteiger partial charge is 0.257 e. The molecule has 0 saturated heterocycles. The van der Waals surface area contributed by atoms with Gasteiger partial charge in [-0.15, -0.1) is 0 Å². The second-order valence-electron chi connectivity index (χ2n) is 4.57. The molecule has 0 aliphatic rings. The summed E-state index contributed by atoms with van der Waals surface area (Å²) in [5, 5.41) is 5.51. The van der Waals surface area contributed by atoms with E-state index in [4.69, 9.17) is 4.74 Å². The minimum absolute atomic E-state index is 0.141. The molecular formula is C16H17N3O3. The first-order chi connectivity index (χ1) is 10.7. The van der Waals surface area contributed by atoms with E-state index in [-0.39, 0.29) is 18.2 Å². The topological polar surface area (TPSA) is 80.3 Å². The maximum Gasteiger partial charge on any atom is 0.257 e. The van der Waals surface area contributed by atoms with E-state index in [2.05, 4.69) is 15.6 Å². The number of rotatable bonds is 6. The van der Waals surface area contributed by atoms with Crippen LogP contribution in [0, 0.1) is 0 Å². The summed E-state index contributed by atoms with van der Waals surface area (Å²) in [7, 11) is 1.54. The first-order valence-corrected chi connectivity index (χ1v) is 6.79. The zero-order valence-corrected chi connectivity index (χ0v) is 12.2. The van der Waals surface area contributed by atoms with Gasteiger partial charge in [-0.3, -0.25) is 14.6 Å². The number of nitrogens with zero attached hydrogens (tertiary/aromatic N) is 1. The number of pyridine rings is 1. The molecule has 1 aromatic carbocycles. The second kappa shape index (κ2) is 7.90. The van der Waals surface area contributed by atoms with Crippen LogP contribution in [0.2, 0.25) is 0 Å². The lowest BCUT2D eigenvalue weighted by atomic mass is 10.2. The molecule has 2 N–H and O–H groups in total. The molecule has 0 saturated carbocycles. The second-order valence-corrected chi connectivity index (χ2v) is 4.57. The van der Waals surface area contributed by atoms with Crippen molar-refractivity contribution in [2.75, 3.05) is 24.4 Å². The highest BCUT2D eigenvalue weighted by atomic mass is 16.5. The SMILES string of the molecule is COCCC(=O)Nc1cccc(NC(=O)c2cccnc2)c1. The van der Waals surface area contributed by atoms with Gasteiger partial charge in [-0.2, -0.15) is 0 Å². The summed E-state index contributed by atoms with van der Waals surface area (Å²) >= 11 is 0. The van der Waals surface area contributed by atoms with Crippen LogP contribution in [-0.4, -0.2) is 30.5 Å². The van der Waals surface area contributed by atoms with E-state index in [0.717, 1.165) is 0 Å². The van der Waals surface area contributed by atoms with Crippen molar-refractivity contribution in [1.29, 1.82) is 0 Å². The summed E-state index contributed by atoms with van der Waals surface area (Å²) in [5.74, 6) is -0.395. The highest BCUT2D eigenvalue weighted by Crippen LogP contribution is 2.16. The number of hydrogen-bond donors (Lipinski definition) is 2. The summed E-state index contributed by atoms with van der Waals surface area (Å²) in [4.78, 5) is 27.6. The van der Waals surface area contributed by atoms with Gasteiger partial charge in [0.05, 0.1) is 18.6 Å². The number of anilines is 2. The Morgan fingerprint density at radius 3 is 2.59 bits per heavy atom. The third-order valence-corrected chi connectivity index (χ3v) is 2.86. The molecule has 1 aromatic heterocycles. The van der Waals surface area contributed by atoms with E-state index in [1.807, 2.05) is 0 Å². The van der Waals surface area contributed by atoms with Crippen LogP contribution in [-0.2, 0) is 9.53 Å². The number of carbonyl (C=O) groups is 2. The average molecular weight is 299 g/mol. The standard InChI is InChI=1S/C16H17N3O3/c1-22-9-7-15(20)18-13-5-2-6-14(10-13)19-16(21)12-4-3-8-17-11-12/h2-6,8,10-11H,7,9H2,1H3,(H,18,20)(H,19,21). The number of ether oxygens (including phenoxy) is 1. The predicted molar refractivity (Wildman–Crippen MR) is 83.8 cm³/mol. The molecule has 0 aliphatic carbocycles. The van der Waals surface area contributed by atoms with Crippen LogP contribution >= 0.6 is 0 Å². The summed E-state index contributed by atoms with van der Waals surface area (Å²) in [5.41, 5.74) is 1.68. The third kappa shape index (κ3) is 4.68. The van der Waals surface area contributed by atoms with Crippen molar-refractivity contribution in [1.82, 2.24) is 4.98 Å². The van der Waals surface area contributed by atoms with E-state index in [1.165, 1.54) is 6.20 Å². The maximum absolute atomic E-state index is 12.0. The van der Waals surface area contributed by atoms with Gasteiger partial charge in [0.25, 0.3) is 5.91 Å². The van der Waals surface area contributed by atoms with E-state index in [0.29, 0.717) is 23.5 Å². The molecule has 0 atom stereocenters. The monoisotopic (exact) mass is 299 g/mol. The molecule has 22 heavy (non-hydrogen) atoms. The summed E-state index contributed by atoms with van der Waals surface area (Å²) < 4.78 is 4.85. The Hall–Kier alpha value is -2.73.